The largest absolute Gasteiger partial charge is 0.330 e. The van der Waals surface area contributed by atoms with E-state index in [1.54, 1.807) is 0 Å². The molecule has 2 nitrogen and oxygen atoms in total. The molecule has 0 unspecified atom stereocenters. The minimum atomic E-state index is 0.746. The topological polar surface area (TPSA) is 38.0 Å². The van der Waals surface area contributed by atoms with E-state index in [1.807, 2.05) is 0 Å². The van der Waals surface area contributed by atoms with Gasteiger partial charge in [-0.25, -0.2) is 0 Å². The summed E-state index contributed by atoms with van der Waals surface area (Å²) in [6.07, 6.45) is 25.2. The molecule has 0 amide bonds. The van der Waals surface area contributed by atoms with Gasteiger partial charge in [-0.05, 0) is 38.8 Å². The van der Waals surface area contributed by atoms with Crippen molar-refractivity contribution in [3.8, 4) is 0 Å². The first-order valence-corrected chi connectivity index (χ1v) is 11.8. The summed E-state index contributed by atoms with van der Waals surface area (Å²) in [4.78, 5) is 0. The van der Waals surface area contributed by atoms with E-state index in [0.717, 1.165) is 12.6 Å². The van der Waals surface area contributed by atoms with E-state index >= 15 is 0 Å². The molecule has 0 aromatic rings. The standard InChI is InChI=1S/C23H50N2/c1-3-23(4-2)25-22-20-18-16-14-12-10-8-6-5-7-9-11-13-15-17-19-21-24/h23,25H,3-22,24H2,1-2H3. The molecule has 0 rings (SSSR count). The monoisotopic (exact) mass is 354 g/mol. The average molecular weight is 355 g/mol. The molecule has 0 spiro atoms. The van der Waals surface area contributed by atoms with Gasteiger partial charge in [-0.3, -0.25) is 0 Å². The number of hydrogen-bond acceptors (Lipinski definition) is 2. The van der Waals surface area contributed by atoms with Crippen molar-refractivity contribution in [2.75, 3.05) is 13.1 Å². The Hall–Kier alpha value is -0.0800. The number of hydrogen-bond donors (Lipinski definition) is 2. The molecule has 0 saturated carbocycles. The molecule has 0 aliphatic rings. The summed E-state index contributed by atoms with van der Waals surface area (Å²) in [6.45, 7) is 6.66. The van der Waals surface area contributed by atoms with Crippen LogP contribution in [0.1, 0.15) is 129 Å². The quantitative estimate of drug-likeness (QED) is 0.218. The zero-order chi connectivity index (χ0) is 18.4. The van der Waals surface area contributed by atoms with Gasteiger partial charge >= 0.3 is 0 Å². The predicted octanol–water partition coefficient (Wildman–Crippen LogP) is 6.96. The lowest BCUT2D eigenvalue weighted by molar-refractivity contribution is 0.466. The fourth-order valence-electron chi connectivity index (χ4n) is 3.63. The molecule has 0 aromatic carbocycles. The van der Waals surface area contributed by atoms with Gasteiger partial charge in [0.25, 0.3) is 0 Å². The Bertz CT molecular complexity index is 226. The average Bonchev–Trinajstić information content (AvgIpc) is 2.64. The number of nitrogens with two attached hydrogens (primary N) is 1. The van der Waals surface area contributed by atoms with Crippen LogP contribution in [0.4, 0.5) is 0 Å². The van der Waals surface area contributed by atoms with Crippen LogP contribution in [0, 0.1) is 0 Å². The van der Waals surface area contributed by atoms with Gasteiger partial charge < -0.3 is 11.1 Å². The van der Waals surface area contributed by atoms with Crippen LogP contribution in [0.25, 0.3) is 0 Å². The Labute approximate surface area is 160 Å². The second-order valence-electron chi connectivity index (χ2n) is 7.91. The molecule has 0 atom stereocenters. The number of unbranched alkanes of at least 4 members (excludes halogenated alkanes) is 15. The molecular formula is C23H50N2. The fraction of sp³-hybridized carbons (Fsp3) is 1.00. The maximum Gasteiger partial charge on any atom is 0.00618 e. The molecule has 0 aliphatic carbocycles. The highest BCUT2D eigenvalue weighted by atomic mass is 14.9. The minimum Gasteiger partial charge on any atom is -0.330 e. The van der Waals surface area contributed by atoms with Crippen molar-refractivity contribution >= 4 is 0 Å². The van der Waals surface area contributed by atoms with E-state index in [-0.39, 0.29) is 0 Å². The lowest BCUT2D eigenvalue weighted by Gasteiger charge is -2.14. The summed E-state index contributed by atoms with van der Waals surface area (Å²) in [5.74, 6) is 0. The van der Waals surface area contributed by atoms with Crippen LogP contribution in [0.15, 0.2) is 0 Å². The Morgan fingerprint density at radius 2 is 0.840 bits per heavy atom. The van der Waals surface area contributed by atoms with Crippen LogP contribution >= 0.6 is 0 Å². The van der Waals surface area contributed by atoms with E-state index in [0.29, 0.717) is 0 Å². The summed E-state index contributed by atoms with van der Waals surface area (Å²) in [5.41, 5.74) is 5.51. The molecule has 0 aromatic heterocycles. The van der Waals surface area contributed by atoms with E-state index in [9.17, 15) is 0 Å². The Morgan fingerprint density at radius 1 is 0.520 bits per heavy atom. The summed E-state index contributed by atoms with van der Waals surface area (Å²) in [6, 6.07) is 0.746. The van der Waals surface area contributed by atoms with Gasteiger partial charge in [0, 0.05) is 6.04 Å². The zero-order valence-electron chi connectivity index (χ0n) is 17.8. The molecule has 0 fully saturated rings. The highest BCUT2D eigenvalue weighted by molar-refractivity contribution is 4.61. The van der Waals surface area contributed by atoms with Gasteiger partial charge in [-0.1, -0.05) is 104 Å². The summed E-state index contributed by atoms with van der Waals surface area (Å²) in [7, 11) is 0. The van der Waals surface area contributed by atoms with E-state index < -0.39 is 0 Å². The van der Waals surface area contributed by atoms with Crippen LogP contribution < -0.4 is 11.1 Å². The first-order chi connectivity index (χ1) is 12.3. The highest BCUT2D eigenvalue weighted by Gasteiger charge is 2.00. The Balaban J connectivity index is 3.03. The molecule has 25 heavy (non-hydrogen) atoms. The van der Waals surface area contributed by atoms with Crippen LogP contribution in [0.5, 0.6) is 0 Å². The molecule has 3 N–H and O–H groups in total. The van der Waals surface area contributed by atoms with Crippen molar-refractivity contribution in [1.82, 2.24) is 5.32 Å². The highest BCUT2D eigenvalue weighted by Crippen LogP contribution is 2.13. The second-order valence-corrected chi connectivity index (χ2v) is 7.91. The van der Waals surface area contributed by atoms with Crippen molar-refractivity contribution in [2.45, 2.75) is 135 Å². The fourth-order valence-corrected chi connectivity index (χ4v) is 3.63. The molecule has 2 heteroatoms. The number of rotatable bonds is 21. The summed E-state index contributed by atoms with van der Waals surface area (Å²) < 4.78 is 0. The van der Waals surface area contributed by atoms with E-state index in [1.165, 1.54) is 122 Å². The van der Waals surface area contributed by atoms with Crippen LogP contribution in [0.3, 0.4) is 0 Å². The van der Waals surface area contributed by atoms with Gasteiger partial charge in [0.05, 0.1) is 0 Å². The second kappa shape index (κ2) is 22.0. The van der Waals surface area contributed by atoms with Gasteiger partial charge in [-0.15, -0.1) is 0 Å². The van der Waals surface area contributed by atoms with Crippen LogP contribution in [0.2, 0.25) is 0 Å². The molecule has 152 valence electrons. The van der Waals surface area contributed by atoms with Gasteiger partial charge in [0.1, 0.15) is 0 Å². The van der Waals surface area contributed by atoms with Gasteiger partial charge in [0.15, 0.2) is 0 Å². The zero-order valence-corrected chi connectivity index (χ0v) is 17.8. The first-order valence-electron chi connectivity index (χ1n) is 11.8. The molecule has 0 heterocycles. The molecule has 0 radical (unpaired) electrons. The lowest BCUT2D eigenvalue weighted by atomic mass is 10.0. The van der Waals surface area contributed by atoms with Crippen LogP contribution in [-0.4, -0.2) is 19.1 Å². The summed E-state index contributed by atoms with van der Waals surface area (Å²) in [5, 5.41) is 3.67. The maximum absolute atomic E-state index is 5.51. The van der Waals surface area contributed by atoms with Crippen molar-refractivity contribution in [1.29, 1.82) is 0 Å². The molecule has 0 saturated heterocycles. The normalized spacial score (nSPS) is 11.5. The third kappa shape index (κ3) is 20.1. The first kappa shape index (κ1) is 24.9. The van der Waals surface area contributed by atoms with Gasteiger partial charge in [-0.2, -0.15) is 0 Å². The molecular weight excluding hydrogens is 304 g/mol. The minimum absolute atomic E-state index is 0.746. The molecule has 0 bridgehead atoms. The van der Waals surface area contributed by atoms with Crippen molar-refractivity contribution < 1.29 is 0 Å². The predicted molar refractivity (Wildman–Crippen MR) is 115 cm³/mol. The SMILES string of the molecule is CCC(CC)NCCCCCCCCCCCCCCCCCCN. The van der Waals surface area contributed by atoms with E-state index in [2.05, 4.69) is 19.2 Å². The van der Waals surface area contributed by atoms with Gasteiger partial charge in [0.2, 0.25) is 0 Å². The number of nitrogens with one attached hydrogen (secondary N) is 1. The lowest BCUT2D eigenvalue weighted by Crippen LogP contribution is -2.28. The molecule has 0 aliphatic heterocycles. The maximum atomic E-state index is 5.51. The third-order valence-corrected chi connectivity index (χ3v) is 5.55. The smallest absolute Gasteiger partial charge is 0.00618 e. The van der Waals surface area contributed by atoms with Crippen molar-refractivity contribution in [3.05, 3.63) is 0 Å². The van der Waals surface area contributed by atoms with Crippen molar-refractivity contribution in [2.24, 2.45) is 5.73 Å². The van der Waals surface area contributed by atoms with E-state index in [4.69, 9.17) is 5.73 Å². The summed E-state index contributed by atoms with van der Waals surface area (Å²) >= 11 is 0. The Kier molecular flexibility index (Phi) is 21.9. The third-order valence-electron chi connectivity index (χ3n) is 5.55. The van der Waals surface area contributed by atoms with Crippen molar-refractivity contribution in [3.63, 3.8) is 0 Å². The van der Waals surface area contributed by atoms with Crippen LogP contribution in [-0.2, 0) is 0 Å². The Morgan fingerprint density at radius 3 is 1.16 bits per heavy atom.